The van der Waals surface area contributed by atoms with E-state index in [2.05, 4.69) is 5.32 Å². The number of ether oxygens (including phenoxy) is 1. The number of barbiturate groups is 1. The molecule has 0 bridgehead atoms. The fourth-order valence-electron chi connectivity index (χ4n) is 3.34. The summed E-state index contributed by atoms with van der Waals surface area (Å²) in [6.45, 7) is 2.25. The van der Waals surface area contributed by atoms with Gasteiger partial charge in [0.15, 0.2) is 0 Å². The third kappa shape index (κ3) is 3.37. The maximum atomic E-state index is 13.1. The molecule has 2 N–H and O–H groups in total. The number of nitrogens with zero attached hydrogens (tertiary/aromatic N) is 1. The van der Waals surface area contributed by atoms with Gasteiger partial charge in [-0.2, -0.15) is 0 Å². The summed E-state index contributed by atoms with van der Waals surface area (Å²) in [7, 11) is 0. The number of benzene rings is 3. The van der Waals surface area contributed by atoms with Gasteiger partial charge < -0.3 is 9.84 Å². The molecule has 7 nitrogen and oxygen atoms in total. The van der Waals surface area contributed by atoms with Crippen molar-refractivity contribution in [3.63, 3.8) is 0 Å². The summed E-state index contributed by atoms with van der Waals surface area (Å²) in [6.07, 6.45) is 1.45. The molecule has 4 rings (SSSR count). The molecule has 4 amide bonds. The zero-order valence-corrected chi connectivity index (χ0v) is 16.1. The van der Waals surface area contributed by atoms with Gasteiger partial charge in [-0.05, 0) is 54.1 Å². The van der Waals surface area contributed by atoms with Crippen LogP contribution < -0.4 is 15.0 Å². The molecule has 3 aromatic carbocycles. The number of nitrogens with one attached hydrogen (secondary N) is 1. The highest BCUT2D eigenvalue weighted by molar-refractivity contribution is 6.39. The maximum Gasteiger partial charge on any atom is 0.335 e. The Kier molecular flexibility index (Phi) is 4.93. The molecule has 0 spiro atoms. The molecule has 7 heteroatoms. The summed E-state index contributed by atoms with van der Waals surface area (Å²) in [6, 6.07) is 15.9. The maximum absolute atomic E-state index is 13.1. The Morgan fingerprint density at radius 3 is 2.47 bits per heavy atom. The van der Waals surface area contributed by atoms with E-state index in [0.29, 0.717) is 17.9 Å². The number of fused-ring (bicyclic) bond motifs is 1. The van der Waals surface area contributed by atoms with E-state index in [1.807, 2.05) is 37.3 Å². The van der Waals surface area contributed by atoms with Gasteiger partial charge in [-0.1, -0.05) is 30.3 Å². The number of rotatable bonds is 4. The van der Waals surface area contributed by atoms with Crippen LogP contribution in [-0.2, 0) is 9.59 Å². The predicted octanol–water partition coefficient (Wildman–Crippen LogP) is 3.61. The van der Waals surface area contributed by atoms with Crippen LogP contribution in [-0.4, -0.2) is 29.6 Å². The first kappa shape index (κ1) is 19.2. The average molecular weight is 402 g/mol. The van der Waals surface area contributed by atoms with Gasteiger partial charge in [0, 0.05) is 5.56 Å². The number of aromatic hydroxyl groups is 1. The molecule has 0 atom stereocenters. The van der Waals surface area contributed by atoms with Crippen LogP contribution in [0.15, 0.2) is 66.2 Å². The van der Waals surface area contributed by atoms with Crippen molar-refractivity contribution in [1.29, 1.82) is 0 Å². The number of imide groups is 2. The van der Waals surface area contributed by atoms with Gasteiger partial charge in [-0.3, -0.25) is 14.9 Å². The van der Waals surface area contributed by atoms with Crippen molar-refractivity contribution in [3.05, 3.63) is 71.8 Å². The molecule has 1 saturated heterocycles. The number of urea groups is 1. The number of phenolic OH excluding ortho intramolecular Hbond substituents is 1. The number of carbonyl (C=O) groups excluding carboxylic acids is 3. The van der Waals surface area contributed by atoms with Crippen LogP contribution >= 0.6 is 0 Å². The molecule has 30 heavy (non-hydrogen) atoms. The first-order valence-electron chi connectivity index (χ1n) is 9.34. The highest BCUT2D eigenvalue weighted by Crippen LogP contribution is 2.32. The quantitative estimate of drug-likeness (QED) is 0.513. The fraction of sp³-hybridized carbons (Fsp3) is 0.0870. The molecule has 0 radical (unpaired) electrons. The van der Waals surface area contributed by atoms with Crippen molar-refractivity contribution in [2.75, 3.05) is 11.5 Å². The standard InChI is InChI=1S/C23H18N2O5/c1-2-30-20-12-7-14-5-3-4-6-17(14)18(20)13-19-21(27)24-23(29)25(22(19)28)15-8-10-16(26)11-9-15/h3-13,26H,2H2,1H3,(H,24,27,29)/b19-13+. The molecule has 0 aliphatic carbocycles. The van der Waals surface area contributed by atoms with Crippen LogP contribution in [0.5, 0.6) is 11.5 Å². The highest BCUT2D eigenvalue weighted by Gasteiger charge is 2.37. The monoisotopic (exact) mass is 402 g/mol. The van der Waals surface area contributed by atoms with Gasteiger partial charge in [0.1, 0.15) is 17.1 Å². The molecule has 0 aromatic heterocycles. The van der Waals surface area contributed by atoms with E-state index >= 15 is 0 Å². The number of carbonyl (C=O) groups is 3. The Hall–Kier alpha value is -4.13. The van der Waals surface area contributed by atoms with E-state index in [-0.39, 0.29) is 17.0 Å². The van der Waals surface area contributed by atoms with E-state index in [1.165, 1.54) is 30.3 Å². The Morgan fingerprint density at radius 1 is 1.00 bits per heavy atom. The number of anilines is 1. The summed E-state index contributed by atoms with van der Waals surface area (Å²) in [4.78, 5) is 38.8. The second-order valence-electron chi connectivity index (χ2n) is 6.61. The molecule has 1 fully saturated rings. The van der Waals surface area contributed by atoms with Crippen LogP contribution in [0.25, 0.3) is 16.8 Å². The smallest absolute Gasteiger partial charge is 0.335 e. The summed E-state index contributed by atoms with van der Waals surface area (Å²) in [5, 5.41) is 13.4. The molecule has 0 unspecified atom stereocenters. The van der Waals surface area contributed by atoms with Crippen LogP contribution in [0.4, 0.5) is 10.5 Å². The Bertz CT molecular complexity index is 1200. The van der Waals surface area contributed by atoms with Crippen LogP contribution in [0.1, 0.15) is 12.5 Å². The lowest BCUT2D eigenvalue weighted by molar-refractivity contribution is -0.122. The molecule has 3 aromatic rings. The second kappa shape index (κ2) is 7.71. The molecule has 1 heterocycles. The molecular formula is C23H18N2O5. The molecule has 0 saturated carbocycles. The summed E-state index contributed by atoms with van der Waals surface area (Å²) in [5.74, 6) is -1.02. The van der Waals surface area contributed by atoms with Crippen LogP contribution in [0.3, 0.4) is 0 Å². The minimum absolute atomic E-state index is 0.00688. The number of hydrogen-bond donors (Lipinski definition) is 2. The first-order chi connectivity index (χ1) is 14.5. The van der Waals surface area contributed by atoms with E-state index in [1.54, 1.807) is 6.07 Å². The first-order valence-corrected chi connectivity index (χ1v) is 9.34. The van der Waals surface area contributed by atoms with E-state index < -0.39 is 17.8 Å². The molecular weight excluding hydrogens is 384 g/mol. The highest BCUT2D eigenvalue weighted by atomic mass is 16.5. The van der Waals surface area contributed by atoms with Crippen molar-refractivity contribution in [3.8, 4) is 11.5 Å². The van der Waals surface area contributed by atoms with Gasteiger partial charge in [0.25, 0.3) is 11.8 Å². The van der Waals surface area contributed by atoms with Gasteiger partial charge in [0.05, 0.1) is 12.3 Å². The van der Waals surface area contributed by atoms with Gasteiger partial charge in [-0.25, -0.2) is 9.69 Å². The Labute approximate surface area is 172 Å². The minimum atomic E-state index is -0.851. The van der Waals surface area contributed by atoms with E-state index in [9.17, 15) is 19.5 Å². The lowest BCUT2D eigenvalue weighted by Gasteiger charge is -2.26. The lowest BCUT2D eigenvalue weighted by Crippen LogP contribution is -2.54. The van der Waals surface area contributed by atoms with Gasteiger partial charge in [0.2, 0.25) is 0 Å². The molecule has 150 valence electrons. The van der Waals surface area contributed by atoms with Crippen molar-refractivity contribution >= 4 is 40.4 Å². The lowest BCUT2D eigenvalue weighted by atomic mass is 9.99. The summed E-state index contributed by atoms with van der Waals surface area (Å²) >= 11 is 0. The van der Waals surface area contributed by atoms with Gasteiger partial charge in [-0.15, -0.1) is 0 Å². The van der Waals surface area contributed by atoms with Crippen molar-refractivity contribution < 1.29 is 24.2 Å². The predicted molar refractivity (Wildman–Crippen MR) is 112 cm³/mol. The fourth-order valence-corrected chi connectivity index (χ4v) is 3.34. The third-order valence-corrected chi connectivity index (χ3v) is 4.73. The third-order valence-electron chi connectivity index (χ3n) is 4.73. The Balaban J connectivity index is 1.85. The molecule has 1 aliphatic heterocycles. The second-order valence-corrected chi connectivity index (χ2v) is 6.61. The van der Waals surface area contributed by atoms with E-state index in [0.717, 1.165) is 15.7 Å². The SMILES string of the molecule is CCOc1ccc2ccccc2c1/C=C1\C(=O)NC(=O)N(c2ccc(O)cc2)C1=O. The van der Waals surface area contributed by atoms with E-state index in [4.69, 9.17) is 4.74 Å². The molecule has 1 aliphatic rings. The van der Waals surface area contributed by atoms with Crippen molar-refractivity contribution in [2.24, 2.45) is 0 Å². The number of hydrogen-bond acceptors (Lipinski definition) is 5. The zero-order chi connectivity index (χ0) is 21.3. The average Bonchev–Trinajstić information content (AvgIpc) is 2.73. The normalized spacial score (nSPS) is 15.6. The number of phenols is 1. The summed E-state index contributed by atoms with van der Waals surface area (Å²) < 4.78 is 5.71. The summed E-state index contributed by atoms with van der Waals surface area (Å²) in [5.41, 5.74) is 0.616. The van der Waals surface area contributed by atoms with Crippen molar-refractivity contribution in [1.82, 2.24) is 5.32 Å². The minimum Gasteiger partial charge on any atom is -0.508 e. The number of amides is 4. The van der Waals surface area contributed by atoms with Crippen LogP contribution in [0, 0.1) is 0 Å². The topological polar surface area (TPSA) is 95.9 Å². The van der Waals surface area contributed by atoms with Crippen LogP contribution in [0.2, 0.25) is 0 Å². The largest absolute Gasteiger partial charge is 0.508 e. The zero-order valence-electron chi connectivity index (χ0n) is 16.1. The Morgan fingerprint density at radius 2 is 1.73 bits per heavy atom. The van der Waals surface area contributed by atoms with Gasteiger partial charge >= 0.3 is 6.03 Å². The van der Waals surface area contributed by atoms with Crippen molar-refractivity contribution in [2.45, 2.75) is 6.92 Å².